The molecular weight excluding hydrogens is 248 g/mol. The second kappa shape index (κ2) is 4.90. The summed E-state index contributed by atoms with van der Waals surface area (Å²) in [6.07, 6.45) is 4.25. The van der Waals surface area contributed by atoms with Gasteiger partial charge in [0, 0.05) is 30.1 Å². The van der Waals surface area contributed by atoms with Crippen LogP contribution in [0.25, 0.3) is 11.0 Å². The third kappa shape index (κ3) is 1.97. The van der Waals surface area contributed by atoms with E-state index in [1.54, 1.807) is 0 Å². The number of hydrogen-bond acceptors (Lipinski definition) is 3. The zero-order valence-corrected chi connectivity index (χ0v) is 12.1. The summed E-state index contributed by atoms with van der Waals surface area (Å²) in [5.74, 6) is 2.06. The molecule has 20 heavy (non-hydrogen) atoms. The minimum atomic E-state index is 0.811. The summed E-state index contributed by atoms with van der Waals surface area (Å²) in [5, 5.41) is 4.52. The first-order valence-corrected chi connectivity index (χ1v) is 7.73. The van der Waals surface area contributed by atoms with Gasteiger partial charge in [-0.25, -0.2) is 0 Å². The Morgan fingerprint density at radius 2 is 2.20 bits per heavy atom. The quantitative estimate of drug-likeness (QED) is 0.925. The molecule has 2 aromatic rings. The van der Waals surface area contributed by atoms with Crippen molar-refractivity contribution in [3.63, 3.8) is 0 Å². The predicted octanol–water partition coefficient (Wildman–Crippen LogP) is 3.14. The zero-order valence-electron chi connectivity index (χ0n) is 12.1. The van der Waals surface area contributed by atoms with Crippen LogP contribution in [0, 0.1) is 5.92 Å². The van der Waals surface area contributed by atoms with Crippen molar-refractivity contribution < 1.29 is 4.42 Å². The predicted molar refractivity (Wildman–Crippen MR) is 80.5 cm³/mol. The van der Waals surface area contributed by atoms with Crippen LogP contribution in [0.3, 0.4) is 0 Å². The largest absolute Gasteiger partial charge is 0.459 e. The Labute approximate surface area is 119 Å². The summed E-state index contributed by atoms with van der Waals surface area (Å²) in [4.78, 5) is 2.67. The molecule has 1 aliphatic heterocycles. The van der Waals surface area contributed by atoms with Crippen molar-refractivity contribution in [2.45, 2.75) is 38.4 Å². The van der Waals surface area contributed by atoms with Gasteiger partial charge in [0.2, 0.25) is 0 Å². The number of nitrogens with one attached hydrogen (secondary N) is 1. The van der Waals surface area contributed by atoms with Gasteiger partial charge in [-0.3, -0.25) is 4.90 Å². The lowest BCUT2D eigenvalue weighted by Crippen LogP contribution is -2.31. The molecule has 0 spiro atoms. The van der Waals surface area contributed by atoms with Crippen LogP contribution in [0.4, 0.5) is 0 Å². The van der Waals surface area contributed by atoms with E-state index in [0.717, 1.165) is 36.4 Å². The minimum Gasteiger partial charge on any atom is -0.459 e. The van der Waals surface area contributed by atoms with Crippen molar-refractivity contribution in [2.75, 3.05) is 13.6 Å². The minimum absolute atomic E-state index is 0.811. The molecule has 2 atom stereocenters. The normalized spacial score (nSPS) is 25.9. The van der Waals surface area contributed by atoms with E-state index in [9.17, 15) is 0 Å². The monoisotopic (exact) mass is 270 g/mol. The highest BCUT2D eigenvalue weighted by Crippen LogP contribution is 2.39. The van der Waals surface area contributed by atoms with Crippen LogP contribution < -0.4 is 5.32 Å². The first-order chi connectivity index (χ1) is 9.85. The number of rotatable bonds is 4. The number of nitrogens with zero attached hydrogens (tertiary/aromatic N) is 1. The molecule has 3 heteroatoms. The third-order valence-corrected chi connectivity index (χ3v) is 5.00. The first-order valence-electron chi connectivity index (χ1n) is 7.73. The molecule has 0 radical (unpaired) electrons. The van der Waals surface area contributed by atoms with Crippen LogP contribution in [0.1, 0.15) is 30.6 Å². The molecule has 2 bridgehead atoms. The van der Waals surface area contributed by atoms with Crippen LogP contribution in [0.2, 0.25) is 0 Å². The van der Waals surface area contributed by atoms with E-state index in [-0.39, 0.29) is 0 Å². The van der Waals surface area contributed by atoms with E-state index >= 15 is 0 Å². The summed E-state index contributed by atoms with van der Waals surface area (Å²) in [6.45, 7) is 3.14. The molecule has 2 heterocycles. The molecule has 1 saturated carbocycles. The average molecular weight is 270 g/mol. The number of fused-ring (bicyclic) bond motifs is 3. The Hall–Kier alpha value is -1.32. The highest BCUT2D eigenvalue weighted by Gasteiger charge is 2.38. The fourth-order valence-corrected chi connectivity index (χ4v) is 4.05. The third-order valence-electron chi connectivity index (χ3n) is 5.00. The molecule has 106 valence electrons. The van der Waals surface area contributed by atoms with E-state index in [4.69, 9.17) is 4.42 Å². The number of benzene rings is 1. The van der Waals surface area contributed by atoms with Gasteiger partial charge in [-0.05, 0) is 38.3 Å². The van der Waals surface area contributed by atoms with Crippen molar-refractivity contribution in [3.8, 4) is 0 Å². The highest BCUT2D eigenvalue weighted by molar-refractivity contribution is 5.82. The Morgan fingerprint density at radius 3 is 2.95 bits per heavy atom. The maximum absolute atomic E-state index is 6.04. The summed E-state index contributed by atoms with van der Waals surface area (Å²) < 4.78 is 6.04. The average Bonchev–Trinajstić information content (AvgIpc) is 3.15. The molecule has 0 amide bonds. The van der Waals surface area contributed by atoms with Crippen molar-refractivity contribution in [3.05, 3.63) is 35.6 Å². The van der Waals surface area contributed by atoms with Crippen LogP contribution in [-0.4, -0.2) is 24.5 Å². The molecule has 1 aromatic heterocycles. The van der Waals surface area contributed by atoms with Gasteiger partial charge >= 0.3 is 0 Å². The summed E-state index contributed by atoms with van der Waals surface area (Å²) in [5.41, 5.74) is 2.42. The fourth-order valence-electron chi connectivity index (χ4n) is 4.05. The second-order valence-corrected chi connectivity index (χ2v) is 6.29. The maximum atomic E-state index is 6.04. The van der Waals surface area contributed by atoms with Crippen molar-refractivity contribution in [1.29, 1.82) is 0 Å². The van der Waals surface area contributed by atoms with Gasteiger partial charge in [0.05, 0.1) is 6.54 Å². The van der Waals surface area contributed by atoms with Gasteiger partial charge in [-0.15, -0.1) is 0 Å². The van der Waals surface area contributed by atoms with Crippen LogP contribution >= 0.6 is 0 Å². The molecular formula is C17H22N2O. The van der Waals surface area contributed by atoms with Gasteiger partial charge in [0.1, 0.15) is 11.3 Å². The maximum Gasteiger partial charge on any atom is 0.134 e. The smallest absolute Gasteiger partial charge is 0.134 e. The van der Waals surface area contributed by atoms with Crippen molar-refractivity contribution >= 4 is 11.0 Å². The van der Waals surface area contributed by atoms with E-state index in [1.807, 2.05) is 7.05 Å². The Kier molecular flexibility index (Phi) is 3.04. The summed E-state index contributed by atoms with van der Waals surface area (Å²) in [6, 6.07) is 9.25. The van der Waals surface area contributed by atoms with Crippen LogP contribution in [0.15, 0.2) is 28.7 Å². The lowest BCUT2D eigenvalue weighted by atomic mass is 10.1. The lowest BCUT2D eigenvalue weighted by molar-refractivity contribution is 0.204. The fraction of sp³-hybridized carbons (Fsp3) is 0.529. The summed E-state index contributed by atoms with van der Waals surface area (Å²) >= 11 is 0. The molecule has 2 fully saturated rings. The van der Waals surface area contributed by atoms with Crippen molar-refractivity contribution in [1.82, 2.24) is 10.2 Å². The highest BCUT2D eigenvalue weighted by atomic mass is 16.3. The molecule has 1 N–H and O–H groups in total. The number of likely N-dealkylation sites (tertiary alicyclic amines) is 1. The van der Waals surface area contributed by atoms with E-state index in [0.29, 0.717) is 0 Å². The molecule has 4 rings (SSSR count). The van der Waals surface area contributed by atoms with Crippen LogP contribution in [-0.2, 0) is 13.1 Å². The number of piperidine rings is 1. The molecule has 1 aliphatic carbocycles. The van der Waals surface area contributed by atoms with Crippen molar-refractivity contribution in [2.24, 2.45) is 5.92 Å². The zero-order chi connectivity index (χ0) is 13.5. The van der Waals surface area contributed by atoms with E-state index in [1.165, 1.54) is 36.8 Å². The van der Waals surface area contributed by atoms with Gasteiger partial charge in [0.15, 0.2) is 0 Å². The lowest BCUT2D eigenvalue weighted by Gasteiger charge is -2.26. The Bertz CT molecular complexity index is 618. The molecule has 3 nitrogen and oxygen atoms in total. The van der Waals surface area contributed by atoms with Gasteiger partial charge < -0.3 is 9.73 Å². The number of hydrogen-bond donors (Lipinski definition) is 1. The van der Waals surface area contributed by atoms with E-state index < -0.39 is 0 Å². The SMILES string of the molecule is CNCc1oc2ccccc2c1CN1CC2CCC1C2. The molecule has 2 unspecified atom stereocenters. The molecule has 1 aromatic carbocycles. The Balaban J connectivity index is 1.68. The van der Waals surface area contributed by atoms with Gasteiger partial charge in [-0.2, -0.15) is 0 Å². The first kappa shape index (κ1) is 12.4. The van der Waals surface area contributed by atoms with E-state index in [2.05, 4.69) is 34.5 Å². The van der Waals surface area contributed by atoms with Crippen LogP contribution in [0.5, 0.6) is 0 Å². The second-order valence-electron chi connectivity index (χ2n) is 6.29. The number of furan rings is 1. The standard InChI is InChI=1S/C17H22N2O/c1-18-9-17-15(14-4-2-3-5-16(14)20-17)11-19-10-12-6-7-13(19)8-12/h2-5,12-13,18H,6-11H2,1H3. The molecule has 2 aliphatic rings. The topological polar surface area (TPSA) is 28.4 Å². The van der Waals surface area contributed by atoms with Gasteiger partial charge in [-0.1, -0.05) is 18.2 Å². The number of para-hydroxylation sites is 1. The molecule has 1 saturated heterocycles. The Morgan fingerprint density at radius 1 is 1.30 bits per heavy atom. The summed E-state index contributed by atoms with van der Waals surface area (Å²) in [7, 11) is 1.98. The van der Waals surface area contributed by atoms with Gasteiger partial charge in [0.25, 0.3) is 0 Å².